The smallest absolute Gasteiger partial charge is 0.141 e. The second-order valence-corrected chi connectivity index (χ2v) is 7.58. The van der Waals surface area contributed by atoms with Crippen LogP contribution in [0.4, 0.5) is 0 Å². The molecule has 3 nitrogen and oxygen atoms in total. The molecule has 0 amide bonds. The van der Waals surface area contributed by atoms with Crippen molar-refractivity contribution in [2.45, 2.75) is 32.7 Å². The minimum Gasteiger partial charge on any atom is -0.494 e. The van der Waals surface area contributed by atoms with Gasteiger partial charge in [0, 0.05) is 17.1 Å². The average molecular weight is 405 g/mol. The number of rotatable bonds is 8. The molecule has 0 saturated heterocycles. The fourth-order valence-corrected chi connectivity index (χ4v) is 3.72. The summed E-state index contributed by atoms with van der Waals surface area (Å²) in [6, 6.07) is 24.5. The van der Waals surface area contributed by atoms with Gasteiger partial charge in [-0.05, 0) is 61.2 Å². The summed E-state index contributed by atoms with van der Waals surface area (Å²) < 4.78 is 8.19. The summed E-state index contributed by atoms with van der Waals surface area (Å²) in [5.41, 5.74) is 4.53. The van der Waals surface area contributed by atoms with Gasteiger partial charge in [0.25, 0.3) is 0 Å². The molecule has 0 fully saturated rings. The van der Waals surface area contributed by atoms with Crippen LogP contribution in [0.3, 0.4) is 0 Å². The molecule has 4 heteroatoms. The Morgan fingerprint density at radius 1 is 0.931 bits per heavy atom. The number of ether oxygens (including phenoxy) is 1. The predicted molar refractivity (Wildman–Crippen MR) is 121 cm³/mol. The van der Waals surface area contributed by atoms with Crippen LogP contribution in [0.15, 0.2) is 72.8 Å². The number of benzene rings is 3. The maximum Gasteiger partial charge on any atom is 0.141 e. The minimum absolute atomic E-state index is 0.713. The molecule has 0 spiro atoms. The Hall–Kier alpha value is -2.78. The Balaban J connectivity index is 1.43. The standard InChI is InChI=1S/C25H25ClN2O/c1-2-19-12-14-22(15-13-19)29-17-6-5-16-28-24-11-4-3-10-23(24)27-25(28)20-8-7-9-21(26)18-20/h3-4,7-15,18H,2,5-6,16-17H2,1H3. The van der Waals surface area contributed by atoms with E-state index in [1.807, 2.05) is 24.3 Å². The quantitative estimate of drug-likeness (QED) is 0.303. The van der Waals surface area contributed by atoms with Gasteiger partial charge in [0.2, 0.25) is 0 Å². The van der Waals surface area contributed by atoms with E-state index in [4.69, 9.17) is 21.3 Å². The number of aryl methyl sites for hydroxylation is 2. The molecule has 4 aromatic rings. The Labute approximate surface area is 176 Å². The molecule has 0 unspecified atom stereocenters. The summed E-state index contributed by atoms with van der Waals surface area (Å²) in [5.74, 6) is 1.90. The van der Waals surface area contributed by atoms with E-state index in [2.05, 4.69) is 60.0 Å². The van der Waals surface area contributed by atoms with Crippen LogP contribution in [0.1, 0.15) is 25.3 Å². The van der Waals surface area contributed by atoms with E-state index in [0.717, 1.165) is 59.0 Å². The first-order chi connectivity index (χ1) is 14.2. The van der Waals surface area contributed by atoms with Crippen LogP contribution in [0, 0.1) is 0 Å². The number of para-hydroxylation sites is 2. The number of hydrogen-bond donors (Lipinski definition) is 0. The maximum atomic E-state index is 6.22. The van der Waals surface area contributed by atoms with Crippen LogP contribution in [-0.4, -0.2) is 16.2 Å². The zero-order valence-corrected chi connectivity index (χ0v) is 17.4. The van der Waals surface area contributed by atoms with Gasteiger partial charge >= 0.3 is 0 Å². The van der Waals surface area contributed by atoms with E-state index in [1.165, 1.54) is 5.56 Å². The topological polar surface area (TPSA) is 27.1 Å². The van der Waals surface area contributed by atoms with Crippen molar-refractivity contribution in [2.24, 2.45) is 0 Å². The summed E-state index contributed by atoms with van der Waals surface area (Å²) in [7, 11) is 0. The highest BCUT2D eigenvalue weighted by Gasteiger charge is 2.12. The fraction of sp³-hybridized carbons (Fsp3) is 0.240. The lowest BCUT2D eigenvalue weighted by Crippen LogP contribution is -2.04. The van der Waals surface area contributed by atoms with Gasteiger partial charge < -0.3 is 9.30 Å². The number of nitrogens with zero attached hydrogens (tertiary/aromatic N) is 2. The van der Waals surface area contributed by atoms with Crippen molar-refractivity contribution in [1.29, 1.82) is 0 Å². The average Bonchev–Trinajstić information content (AvgIpc) is 3.13. The lowest BCUT2D eigenvalue weighted by molar-refractivity contribution is 0.303. The Kier molecular flexibility index (Phi) is 6.16. The van der Waals surface area contributed by atoms with E-state index in [-0.39, 0.29) is 0 Å². The van der Waals surface area contributed by atoms with Crippen LogP contribution in [0.25, 0.3) is 22.4 Å². The van der Waals surface area contributed by atoms with E-state index in [0.29, 0.717) is 6.61 Å². The van der Waals surface area contributed by atoms with Crippen molar-refractivity contribution < 1.29 is 4.74 Å². The molecule has 1 heterocycles. The number of aromatic nitrogens is 2. The molecule has 0 atom stereocenters. The third kappa shape index (κ3) is 4.63. The second kappa shape index (κ2) is 9.15. The molecular formula is C25H25ClN2O. The summed E-state index contributed by atoms with van der Waals surface area (Å²) in [4.78, 5) is 4.86. The Bertz CT molecular complexity index is 1090. The number of hydrogen-bond acceptors (Lipinski definition) is 2. The zero-order chi connectivity index (χ0) is 20.1. The number of halogens is 1. The summed E-state index contributed by atoms with van der Waals surface area (Å²) >= 11 is 6.22. The third-order valence-electron chi connectivity index (χ3n) is 5.11. The van der Waals surface area contributed by atoms with Crippen molar-refractivity contribution >= 4 is 22.6 Å². The highest BCUT2D eigenvalue weighted by molar-refractivity contribution is 6.30. The number of unbranched alkanes of at least 4 members (excludes halogenated alkanes) is 1. The summed E-state index contributed by atoms with van der Waals surface area (Å²) in [5, 5.41) is 0.726. The molecular weight excluding hydrogens is 380 g/mol. The van der Waals surface area contributed by atoms with Crippen LogP contribution < -0.4 is 4.74 Å². The van der Waals surface area contributed by atoms with E-state index in [9.17, 15) is 0 Å². The minimum atomic E-state index is 0.713. The van der Waals surface area contributed by atoms with Crippen molar-refractivity contribution in [2.75, 3.05) is 6.61 Å². The molecule has 0 radical (unpaired) electrons. The van der Waals surface area contributed by atoms with E-state index < -0.39 is 0 Å². The van der Waals surface area contributed by atoms with Crippen molar-refractivity contribution in [3.63, 3.8) is 0 Å². The molecule has 0 aliphatic carbocycles. The monoisotopic (exact) mass is 404 g/mol. The Morgan fingerprint density at radius 2 is 1.76 bits per heavy atom. The van der Waals surface area contributed by atoms with Crippen LogP contribution in [-0.2, 0) is 13.0 Å². The number of imidazole rings is 1. The van der Waals surface area contributed by atoms with Gasteiger partial charge in [-0.15, -0.1) is 0 Å². The van der Waals surface area contributed by atoms with Crippen LogP contribution in [0.5, 0.6) is 5.75 Å². The largest absolute Gasteiger partial charge is 0.494 e. The van der Waals surface area contributed by atoms with Gasteiger partial charge in [-0.1, -0.05) is 54.9 Å². The van der Waals surface area contributed by atoms with Gasteiger partial charge in [0.1, 0.15) is 11.6 Å². The molecule has 0 aliphatic heterocycles. The van der Waals surface area contributed by atoms with Gasteiger partial charge in [-0.3, -0.25) is 0 Å². The van der Waals surface area contributed by atoms with Crippen molar-refractivity contribution in [3.8, 4) is 17.1 Å². The first-order valence-electron chi connectivity index (χ1n) is 10.2. The SMILES string of the molecule is CCc1ccc(OCCCCn2c(-c3cccc(Cl)c3)nc3ccccc32)cc1. The Morgan fingerprint density at radius 3 is 2.55 bits per heavy atom. The van der Waals surface area contributed by atoms with Crippen LogP contribution >= 0.6 is 11.6 Å². The van der Waals surface area contributed by atoms with Gasteiger partial charge in [0.15, 0.2) is 0 Å². The normalized spacial score (nSPS) is 11.1. The van der Waals surface area contributed by atoms with Crippen LogP contribution in [0.2, 0.25) is 5.02 Å². The lowest BCUT2D eigenvalue weighted by Gasteiger charge is -2.11. The first-order valence-corrected chi connectivity index (χ1v) is 10.6. The molecule has 0 N–H and O–H groups in total. The highest BCUT2D eigenvalue weighted by atomic mass is 35.5. The van der Waals surface area contributed by atoms with Gasteiger partial charge in [-0.2, -0.15) is 0 Å². The van der Waals surface area contributed by atoms with Crippen molar-refractivity contribution in [3.05, 3.63) is 83.4 Å². The molecule has 3 aromatic carbocycles. The molecule has 148 valence electrons. The van der Waals surface area contributed by atoms with Crippen molar-refractivity contribution in [1.82, 2.24) is 9.55 Å². The summed E-state index contributed by atoms with van der Waals surface area (Å²) in [6.07, 6.45) is 3.05. The highest BCUT2D eigenvalue weighted by Crippen LogP contribution is 2.27. The maximum absolute atomic E-state index is 6.22. The summed E-state index contributed by atoms with van der Waals surface area (Å²) in [6.45, 7) is 3.76. The molecule has 0 bridgehead atoms. The van der Waals surface area contributed by atoms with E-state index in [1.54, 1.807) is 0 Å². The predicted octanol–water partition coefficient (Wildman–Crippen LogP) is 6.78. The molecule has 0 aliphatic rings. The zero-order valence-electron chi connectivity index (χ0n) is 16.6. The first kappa shape index (κ1) is 19.5. The van der Waals surface area contributed by atoms with E-state index >= 15 is 0 Å². The lowest BCUT2D eigenvalue weighted by atomic mass is 10.2. The fourth-order valence-electron chi connectivity index (χ4n) is 3.53. The molecule has 0 saturated carbocycles. The van der Waals surface area contributed by atoms with Gasteiger partial charge in [0.05, 0.1) is 17.6 Å². The molecule has 29 heavy (non-hydrogen) atoms. The molecule has 4 rings (SSSR count). The number of fused-ring (bicyclic) bond motifs is 1. The molecule has 1 aromatic heterocycles. The third-order valence-corrected chi connectivity index (χ3v) is 5.35. The van der Waals surface area contributed by atoms with Gasteiger partial charge in [-0.25, -0.2) is 4.98 Å². The second-order valence-electron chi connectivity index (χ2n) is 7.14.